The Balaban J connectivity index is 1.60. The smallest absolute Gasteiger partial charge is 0.416 e. The lowest BCUT2D eigenvalue weighted by atomic mass is 9.86. The van der Waals surface area contributed by atoms with Crippen LogP contribution in [0.15, 0.2) is 53.4 Å². The fourth-order valence-electron chi connectivity index (χ4n) is 5.59. The number of sulfonamides is 1. The fraction of sp³-hybridized carbons (Fsp3) is 0.517. The SMILES string of the molecule is COC(=O)c1ccc(CN(C2CCCN(C(=O)CC3CCCCC3)C2)S(=O)(=O)c2ccc(C(F)(F)F)cc2)cc1. The van der Waals surface area contributed by atoms with Gasteiger partial charge in [-0.05, 0) is 73.6 Å². The zero-order valence-electron chi connectivity index (χ0n) is 22.5. The quantitative estimate of drug-likeness (QED) is 0.377. The Morgan fingerprint density at radius 1 is 0.950 bits per heavy atom. The van der Waals surface area contributed by atoms with E-state index in [-0.39, 0.29) is 23.9 Å². The number of piperidine rings is 1. The van der Waals surface area contributed by atoms with Crippen LogP contribution in [0.5, 0.6) is 0 Å². The molecule has 1 saturated heterocycles. The number of benzene rings is 2. The summed E-state index contributed by atoms with van der Waals surface area (Å²) in [6.07, 6.45) is 2.46. The predicted octanol–water partition coefficient (Wildman–Crippen LogP) is 5.64. The molecule has 1 amide bonds. The lowest BCUT2D eigenvalue weighted by Gasteiger charge is -2.39. The van der Waals surface area contributed by atoms with Crippen LogP contribution < -0.4 is 0 Å². The van der Waals surface area contributed by atoms with Crippen LogP contribution in [0.3, 0.4) is 0 Å². The number of methoxy groups -OCH3 is 1. The first-order chi connectivity index (χ1) is 19.0. The van der Waals surface area contributed by atoms with Crippen molar-refractivity contribution in [3.05, 3.63) is 65.2 Å². The molecular formula is C29H35F3N2O5S. The van der Waals surface area contributed by atoms with E-state index in [4.69, 9.17) is 4.74 Å². The van der Waals surface area contributed by atoms with E-state index in [2.05, 4.69) is 0 Å². The molecule has 0 spiro atoms. The first-order valence-corrected chi connectivity index (χ1v) is 15.1. The van der Waals surface area contributed by atoms with Crippen molar-refractivity contribution < 1.29 is 35.9 Å². The third kappa shape index (κ3) is 7.23. The molecule has 40 heavy (non-hydrogen) atoms. The van der Waals surface area contributed by atoms with Crippen LogP contribution in [0.2, 0.25) is 0 Å². The van der Waals surface area contributed by atoms with E-state index in [0.29, 0.717) is 42.9 Å². The summed E-state index contributed by atoms with van der Waals surface area (Å²) in [6, 6.07) is 9.22. The molecule has 2 aliphatic rings. The van der Waals surface area contributed by atoms with Crippen LogP contribution in [-0.2, 0) is 32.3 Å². The molecule has 1 aliphatic heterocycles. The Kier molecular flexibility index (Phi) is 9.56. The zero-order valence-corrected chi connectivity index (χ0v) is 23.3. The number of esters is 1. The van der Waals surface area contributed by atoms with Crippen molar-refractivity contribution in [2.24, 2.45) is 5.92 Å². The van der Waals surface area contributed by atoms with Crippen molar-refractivity contribution in [2.45, 2.75) is 75.0 Å². The summed E-state index contributed by atoms with van der Waals surface area (Å²) in [4.78, 5) is 26.5. The second-order valence-corrected chi connectivity index (χ2v) is 12.5. The lowest BCUT2D eigenvalue weighted by molar-refractivity contribution is -0.137. The Labute approximate surface area is 233 Å². The molecule has 1 aliphatic carbocycles. The molecule has 2 aromatic rings. The molecule has 1 saturated carbocycles. The lowest BCUT2D eigenvalue weighted by Crippen LogP contribution is -2.51. The normalized spacial score (nSPS) is 19.0. The van der Waals surface area contributed by atoms with Crippen LogP contribution in [0.25, 0.3) is 0 Å². The van der Waals surface area contributed by atoms with Gasteiger partial charge < -0.3 is 9.64 Å². The monoisotopic (exact) mass is 580 g/mol. The summed E-state index contributed by atoms with van der Waals surface area (Å²) < 4.78 is 73.1. The molecule has 1 atom stereocenters. The van der Waals surface area contributed by atoms with Crippen molar-refractivity contribution in [3.63, 3.8) is 0 Å². The van der Waals surface area contributed by atoms with Gasteiger partial charge in [-0.1, -0.05) is 31.4 Å². The van der Waals surface area contributed by atoms with Crippen molar-refractivity contribution in [3.8, 4) is 0 Å². The number of rotatable bonds is 8. The summed E-state index contributed by atoms with van der Waals surface area (Å²) in [5.74, 6) is -0.159. The summed E-state index contributed by atoms with van der Waals surface area (Å²) in [5.41, 5.74) is -0.0390. The maximum Gasteiger partial charge on any atom is 0.416 e. The van der Waals surface area contributed by atoms with Crippen LogP contribution in [0.4, 0.5) is 13.2 Å². The molecule has 1 heterocycles. The molecule has 2 fully saturated rings. The number of halogens is 3. The van der Waals surface area contributed by atoms with E-state index in [1.165, 1.54) is 30.0 Å². The summed E-state index contributed by atoms with van der Waals surface area (Å²) in [7, 11) is -2.97. The first kappa shape index (κ1) is 30.0. The molecule has 218 valence electrons. The van der Waals surface area contributed by atoms with Gasteiger partial charge in [0.2, 0.25) is 15.9 Å². The highest BCUT2D eigenvalue weighted by molar-refractivity contribution is 7.89. The van der Waals surface area contributed by atoms with Crippen LogP contribution in [-0.4, -0.2) is 55.7 Å². The number of carbonyl (C=O) groups is 2. The second-order valence-electron chi connectivity index (χ2n) is 10.6. The molecule has 4 rings (SSSR count). The molecule has 0 N–H and O–H groups in total. The minimum atomic E-state index is -4.59. The maximum atomic E-state index is 13.9. The third-order valence-electron chi connectivity index (χ3n) is 7.85. The van der Waals surface area contributed by atoms with Gasteiger partial charge in [0.15, 0.2) is 0 Å². The molecule has 0 aromatic heterocycles. The average Bonchev–Trinajstić information content (AvgIpc) is 2.96. The number of carbonyl (C=O) groups excluding carboxylic acids is 2. The predicted molar refractivity (Wildman–Crippen MR) is 143 cm³/mol. The van der Waals surface area contributed by atoms with Gasteiger partial charge in [-0.3, -0.25) is 4.79 Å². The number of likely N-dealkylation sites (tertiary alicyclic amines) is 1. The van der Waals surface area contributed by atoms with E-state index in [9.17, 15) is 31.2 Å². The number of nitrogens with zero attached hydrogens (tertiary/aromatic N) is 2. The molecule has 11 heteroatoms. The third-order valence-corrected chi connectivity index (χ3v) is 9.76. The maximum absolute atomic E-state index is 13.9. The van der Waals surface area contributed by atoms with Gasteiger partial charge >= 0.3 is 12.1 Å². The van der Waals surface area contributed by atoms with E-state index >= 15 is 0 Å². The summed E-state index contributed by atoms with van der Waals surface area (Å²) >= 11 is 0. The van der Waals surface area contributed by atoms with E-state index in [1.807, 2.05) is 0 Å². The van der Waals surface area contributed by atoms with Crippen LogP contribution in [0, 0.1) is 5.92 Å². The topological polar surface area (TPSA) is 84.0 Å². The van der Waals surface area contributed by atoms with Gasteiger partial charge in [0.1, 0.15) is 0 Å². The van der Waals surface area contributed by atoms with Gasteiger partial charge in [-0.25, -0.2) is 13.2 Å². The number of ether oxygens (including phenoxy) is 1. The molecule has 1 unspecified atom stereocenters. The number of alkyl halides is 3. The summed E-state index contributed by atoms with van der Waals surface area (Å²) in [6.45, 7) is 0.690. The van der Waals surface area contributed by atoms with Crippen molar-refractivity contribution in [2.75, 3.05) is 20.2 Å². The number of hydrogen-bond donors (Lipinski definition) is 0. The Morgan fingerprint density at radius 3 is 2.20 bits per heavy atom. The van der Waals surface area contributed by atoms with Crippen molar-refractivity contribution in [1.82, 2.24) is 9.21 Å². The minimum Gasteiger partial charge on any atom is -0.465 e. The first-order valence-electron chi connectivity index (χ1n) is 13.6. The van der Waals surface area contributed by atoms with E-state index in [0.717, 1.165) is 49.9 Å². The highest BCUT2D eigenvalue weighted by Gasteiger charge is 2.37. The van der Waals surface area contributed by atoms with E-state index < -0.39 is 33.8 Å². The molecule has 7 nitrogen and oxygen atoms in total. The second kappa shape index (κ2) is 12.7. The van der Waals surface area contributed by atoms with Crippen molar-refractivity contribution in [1.29, 1.82) is 0 Å². The average molecular weight is 581 g/mol. The van der Waals surface area contributed by atoms with Gasteiger partial charge in [0.05, 0.1) is 23.1 Å². The Hall–Kier alpha value is -2.92. The highest BCUT2D eigenvalue weighted by Crippen LogP contribution is 2.32. The Morgan fingerprint density at radius 2 is 1.60 bits per heavy atom. The zero-order chi connectivity index (χ0) is 28.9. The molecule has 2 aromatic carbocycles. The van der Waals surface area contributed by atoms with Crippen molar-refractivity contribution >= 4 is 21.9 Å². The van der Waals surface area contributed by atoms with Crippen LogP contribution >= 0.6 is 0 Å². The van der Waals surface area contributed by atoms with E-state index in [1.54, 1.807) is 17.0 Å². The minimum absolute atomic E-state index is 0.0194. The van der Waals surface area contributed by atoms with Gasteiger partial charge in [0.25, 0.3) is 0 Å². The standard InChI is InChI=1S/C29H35F3N2O5S/c1-39-28(36)23-11-9-22(10-12-23)19-34(40(37,38)26-15-13-24(14-16-26)29(30,31)32)25-8-5-17-33(20-25)27(35)18-21-6-3-2-4-7-21/h9-16,21,25H,2-8,17-20H2,1H3. The Bertz CT molecular complexity index is 1270. The largest absolute Gasteiger partial charge is 0.465 e. The van der Waals surface area contributed by atoms with Crippen LogP contribution in [0.1, 0.15) is 72.9 Å². The van der Waals surface area contributed by atoms with Gasteiger partial charge in [0, 0.05) is 32.1 Å². The number of amides is 1. The molecular weight excluding hydrogens is 545 g/mol. The van der Waals surface area contributed by atoms with Gasteiger partial charge in [-0.2, -0.15) is 17.5 Å². The summed E-state index contributed by atoms with van der Waals surface area (Å²) in [5, 5.41) is 0. The molecule has 0 radical (unpaired) electrons. The molecule has 0 bridgehead atoms. The fourth-order valence-corrected chi connectivity index (χ4v) is 7.22. The number of hydrogen-bond acceptors (Lipinski definition) is 5. The van der Waals surface area contributed by atoms with Gasteiger partial charge in [-0.15, -0.1) is 0 Å². The highest BCUT2D eigenvalue weighted by atomic mass is 32.2.